The molecular weight excluding hydrogens is 340 g/mol. The number of benzene rings is 2. The number of furan rings is 1. The Bertz CT molecular complexity index is 916. The molecule has 0 aliphatic carbocycles. The maximum absolute atomic E-state index is 12.4. The average molecular weight is 355 g/mol. The summed E-state index contributed by atoms with van der Waals surface area (Å²) in [6.45, 7) is 0.423. The number of hydrogen-bond acceptors (Lipinski definition) is 3. The Morgan fingerprint density at radius 2 is 1.92 bits per heavy atom. The number of amides is 2. The van der Waals surface area contributed by atoms with E-state index in [0.29, 0.717) is 17.2 Å². The maximum atomic E-state index is 12.4. The van der Waals surface area contributed by atoms with Crippen LogP contribution < -0.4 is 10.2 Å². The Labute approximate surface area is 149 Å². The molecule has 0 unspecified atom stereocenters. The lowest BCUT2D eigenvalue weighted by molar-refractivity contribution is -0.117. The van der Waals surface area contributed by atoms with E-state index in [2.05, 4.69) is 5.32 Å². The van der Waals surface area contributed by atoms with Crippen LogP contribution in [0.25, 0.3) is 11.0 Å². The van der Waals surface area contributed by atoms with Crippen LogP contribution in [0.4, 0.5) is 5.69 Å². The minimum absolute atomic E-state index is 0.0303. The van der Waals surface area contributed by atoms with E-state index in [1.54, 1.807) is 35.2 Å². The van der Waals surface area contributed by atoms with Gasteiger partial charge in [0, 0.05) is 29.1 Å². The average Bonchev–Trinajstić information content (AvgIpc) is 3.19. The van der Waals surface area contributed by atoms with E-state index in [0.717, 1.165) is 11.1 Å². The van der Waals surface area contributed by atoms with Gasteiger partial charge in [0.2, 0.25) is 5.91 Å². The molecule has 0 spiro atoms. The fraction of sp³-hybridized carbons (Fsp3) is 0.158. The van der Waals surface area contributed by atoms with Crippen LogP contribution in [0.5, 0.6) is 0 Å². The molecule has 2 amide bonds. The van der Waals surface area contributed by atoms with Crippen LogP contribution >= 0.6 is 11.6 Å². The van der Waals surface area contributed by atoms with Gasteiger partial charge in [-0.2, -0.15) is 0 Å². The number of hydrogen-bond donors (Lipinski definition) is 1. The molecule has 126 valence electrons. The number of carbonyl (C=O) groups excluding carboxylic acids is 2. The molecule has 1 fully saturated rings. The second-order valence-electron chi connectivity index (χ2n) is 6.00. The van der Waals surface area contributed by atoms with Gasteiger partial charge in [-0.3, -0.25) is 9.59 Å². The van der Waals surface area contributed by atoms with Gasteiger partial charge in [0.25, 0.3) is 5.91 Å². The molecule has 2 heterocycles. The highest BCUT2D eigenvalue weighted by Crippen LogP contribution is 2.24. The summed E-state index contributed by atoms with van der Waals surface area (Å²) in [7, 11) is 0. The van der Waals surface area contributed by atoms with Gasteiger partial charge >= 0.3 is 0 Å². The molecular formula is C19H15ClN2O3. The predicted molar refractivity (Wildman–Crippen MR) is 95.9 cm³/mol. The van der Waals surface area contributed by atoms with Crippen molar-refractivity contribution in [3.05, 3.63) is 65.4 Å². The van der Waals surface area contributed by atoms with Gasteiger partial charge in [0.15, 0.2) is 5.76 Å². The molecule has 1 aliphatic rings. The third-order valence-electron chi connectivity index (χ3n) is 4.25. The third-order valence-corrected chi connectivity index (χ3v) is 4.50. The quantitative estimate of drug-likeness (QED) is 0.781. The summed E-state index contributed by atoms with van der Waals surface area (Å²) in [5, 5.41) is 4.37. The van der Waals surface area contributed by atoms with E-state index >= 15 is 0 Å². The van der Waals surface area contributed by atoms with Crippen LogP contribution in [-0.2, 0) is 4.79 Å². The highest BCUT2D eigenvalue weighted by Gasteiger charge is 2.32. The Kier molecular flexibility index (Phi) is 3.93. The molecule has 1 aromatic heterocycles. The SMILES string of the molecule is O=C(N[C@@H]1CC(=O)N(c2ccc(Cl)cc2)C1)c1cc2ccccc2o1. The highest BCUT2D eigenvalue weighted by atomic mass is 35.5. The molecule has 1 aliphatic heterocycles. The van der Waals surface area contributed by atoms with Crippen LogP contribution in [0, 0.1) is 0 Å². The smallest absolute Gasteiger partial charge is 0.287 e. The van der Waals surface area contributed by atoms with Crippen molar-refractivity contribution in [2.75, 3.05) is 11.4 Å². The molecule has 6 heteroatoms. The molecule has 4 rings (SSSR count). The monoisotopic (exact) mass is 354 g/mol. The Morgan fingerprint density at radius 1 is 1.16 bits per heavy atom. The summed E-state index contributed by atoms with van der Waals surface area (Å²) in [5.41, 5.74) is 1.44. The zero-order chi connectivity index (χ0) is 17.4. The predicted octanol–water partition coefficient (Wildman–Crippen LogP) is 3.62. The molecule has 0 saturated carbocycles. The van der Waals surface area contributed by atoms with Crippen molar-refractivity contribution in [2.45, 2.75) is 12.5 Å². The van der Waals surface area contributed by atoms with E-state index in [1.165, 1.54) is 0 Å². The van der Waals surface area contributed by atoms with Gasteiger partial charge < -0.3 is 14.6 Å². The number of fused-ring (bicyclic) bond motifs is 1. The molecule has 1 atom stereocenters. The number of anilines is 1. The first-order valence-electron chi connectivity index (χ1n) is 7.95. The van der Waals surface area contributed by atoms with E-state index in [4.69, 9.17) is 16.0 Å². The van der Waals surface area contributed by atoms with Crippen molar-refractivity contribution in [3.8, 4) is 0 Å². The first-order chi connectivity index (χ1) is 12.1. The van der Waals surface area contributed by atoms with E-state index in [1.807, 2.05) is 24.3 Å². The molecule has 3 aromatic rings. The second-order valence-corrected chi connectivity index (χ2v) is 6.44. The van der Waals surface area contributed by atoms with Crippen LogP contribution in [-0.4, -0.2) is 24.4 Å². The van der Waals surface area contributed by atoms with Crippen molar-refractivity contribution < 1.29 is 14.0 Å². The number of rotatable bonds is 3. The maximum Gasteiger partial charge on any atom is 0.287 e. The highest BCUT2D eigenvalue weighted by molar-refractivity contribution is 6.30. The van der Waals surface area contributed by atoms with Gasteiger partial charge in [0.1, 0.15) is 5.58 Å². The van der Waals surface area contributed by atoms with Crippen LogP contribution in [0.1, 0.15) is 17.0 Å². The number of carbonyl (C=O) groups is 2. The Hall–Kier alpha value is -2.79. The summed E-state index contributed by atoms with van der Waals surface area (Å²) < 4.78 is 5.57. The summed E-state index contributed by atoms with van der Waals surface area (Å²) >= 11 is 5.88. The minimum atomic E-state index is -0.313. The standard InChI is InChI=1S/C19H15ClN2O3/c20-13-5-7-15(8-6-13)22-11-14(10-18(22)23)21-19(24)17-9-12-3-1-2-4-16(12)25-17/h1-9,14H,10-11H2,(H,21,24)/t14-/m1/s1. The summed E-state index contributed by atoms with van der Waals surface area (Å²) in [4.78, 5) is 26.3. The van der Waals surface area contributed by atoms with Crippen molar-refractivity contribution in [1.29, 1.82) is 0 Å². The van der Waals surface area contributed by atoms with Crippen molar-refractivity contribution >= 4 is 40.1 Å². The lowest BCUT2D eigenvalue weighted by atomic mass is 10.2. The minimum Gasteiger partial charge on any atom is -0.451 e. The summed E-state index contributed by atoms with van der Waals surface area (Å²) in [6.07, 6.45) is 0.259. The fourth-order valence-corrected chi connectivity index (χ4v) is 3.15. The first-order valence-corrected chi connectivity index (χ1v) is 8.33. The second kappa shape index (κ2) is 6.26. The molecule has 25 heavy (non-hydrogen) atoms. The topological polar surface area (TPSA) is 62.6 Å². The van der Waals surface area contributed by atoms with E-state index in [-0.39, 0.29) is 30.0 Å². The van der Waals surface area contributed by atoms with Crippen molar-refractivity contribution in [1.82, 2.24) is 5.32 Å². The molecule has 0 radical (unpaired) electrons. The number of halogens is 1. The molecule has 1 N–H and O–H groups in total. The summed E-state index contributed by atoms with van der Waals surface area (Å²) in [6, 6.07) is 16.0. The zero-order valence-corrected chi connectivity index (χ0v) is 14.0. The fourth-order valence-electron chi connectivity index (χ4n) is 3.03. The van der Waals surface area contributed by atoms with Gasteiger partial charge in [-0.25, -0.2) is 0 Å². The number of para-hydroxylation sites is 1. The number of nitrogens with zero attached hydrogens (tertiary/aromatic N) is 1. The van der Waals surface area contributed by atoms with Crippen LogP contribution in [0.3, 0.4) is 0 Å². The summed E-state index contributed by atoms with van der Waals surface area (Å²) in [5.74, 6) is -0.0947. The molecule has 2 aromatic carbocycles. The lowest BCUT2D eigenvalue weighted by Crippen LogP contribution is -2.37. The van der Waals surface area contributed by atoms with Gasteiger partial charge in [-0.05, 0) is 36.4 Å². The first kappa shape index (κ1) is 15.7. The van der Waals surface area contributed by atoms with Gasteiger partial charge in [0.05, 0.1) is 6.04 Å². The molecule has 5 nitrogen and oxygen atoms in total. The van der Waals surface area contributed by atoms with Crippen LogP contribution in [0.2, 0.25) is 5.02 Å². The van der Waals surface area contributed by atoms with E-state index < -0.39 is 0 Å². The van der Waals surface area contributed by atoms with Gasteiger partial charge in [-0.1, -0.05) is 29.8 Å². The third kappa shape index (κ3) is 3.10. The molecule has 0 bridgehead atoms. The van der Waals surface area contributed by atoms with Gasteiger partial charge in [-0.15, -0.1) is 0 Å². The largest absolute Gasteiger partial charge is 0.451 e. The normalized spacial score (nSPS) is 17.2. The zero-order valence-electron chi connectivity index (χ0n) is 13.2. The Morgan fingerprint density at radius 3 is 2.68 bits per heavy atom. The van der Waals surface area contributed by atoms with Crippen LogP contribution in [0.15, 0.2) is 59.0 Å². The van der Waals surface area contributed by atoms with E-state index in [9.17, 15) is 9.59 Å². The number of nitrogens with one attached hydrogen (secondary N) is 1. The Balaban J connectivity index is 1.47. The lowest BCUT2D eigenvalue weighted by Gasteiger charge is -2.17. The van der Waals surface area contributed by atoms with Crippen molar-refractivity contribution in [3.63, 3.8) is 0 Å². The molecule has 1 saturated heterocycles. The van der Waals surface area contributed by atoms with Crippen molar-refractivity contribution in [2.24, 2.45) is 0 Å².